The second-order valence-corrected chi connectivity index (χ2v) is 6.94. The molecule has 0 atom stereocenters. The van der Waals surface area contributed by atoms with E-state index in [0.29, 0.717) is 37.6 Å². The minimum absolute atomic E-state index is 0.167. The van der Waals surface area contributed by atoms with Crippen molar-refractivity contribution >= 4 is 11.6 Å². The van der Waals surface area contributed by atoms with E-state index in [0.717, 1.165) is 12.8 Å². The molecule has 3 N–H and O–H groups in total. The van der Waals surface area contributed by atoms with Gasteiger partial charge in [0, 0.05) is 31.4 Å². The molecule has 138 valence electrons. The number of tetrazole rings is 1. The molecule has 1 aromatic carbocycles. The number of nitrogens with two attached hydrogens (primary N) is 1. The van der Waals surface area contributed by atoms with E-state index in [2.05, 4.69) is 20.8 Å². The number of nitrogens with zero attached hydrogens (tertiary/aromatic N) is 4. The monoisotopic (exact) mass is 360 g/mol. The van der Waals surface area contributed by atoms with Gasteiger partial charge in [0.25, 0.3) is 0 Å². The molecular formula is C17H21FN6O2. The molecule has 1 aromatic heterocycles. The van der Waals surface area contributed by atoms with Gasteiger partial charge in [-0.2, -0.15) is 4.68 Å². The fourth-order valence-electron chi connectivity index (χ4n) is 3.26. The van der Waals surface area contributed by atoms with Gasteiger partial charge in [-0.1, -0.05) is 0 Å². The summed E-state index contributed by atoms with van der Waals surface area (Å²) in [5.41, 5.74) is 5.94. The van der Waals surface area contributed by atoms with Crippen LogP contribution in [0.3, 0.4) is 0 Å². The average Bonchev–Trinajstić information content (AvgIpc) is 3.40. The number of carbonyl (C=O) groups is 1. The van der Waals surface area contributed by atoms with E-state index in [9.17, 15) is 9.18 Å². The lowest BCUT2D eigenvalue weighted by molar-refractivity contribution is -0.130. The van der Waals surface area contributed by atoms with Crippen LogP contribution < -0.4 is 11.1 Å². The fourth-order valence-corrected chi connectivity index (χ4v) is 3.26. The number of carbonyl (C=O) groups excluding carboxylic acids is 1. The van der Waals surface area contributed by atoms with Gasteiger partial charge in [-0.25, -0.2) is 4.39 Å². The average molecular weight is 360 g/mol. The Morgan fingerprint density at radius 3 is 2.85 bits per heavy atom. The fraction of sp³-hybridized carbons (Fsp3) is 0.529. The largest absolute Gasteiger partial charge is 0.381 e. The first-order valence-electron chi connectivity index (χ1n) is 8.80. The summed E-state index contributed by atoms with van der Waals surface area (Å²) in [6, 6.07) is 4.39. The molecule has 8 nitrogen and oxygen atoms in total. The third-order valence-electron chi connectivity index (χ3n) is 5.19. The van der Waals surface area contributed by atoms with Crippen LogP contribution in [0.2, 0.25) is 0 Å². The van der Waals surface area contributed by atoms with Crippen LogP contribution in [0.4, 0.5) is 10.1 Å². The Balaban J connectivity index is 1.60. The van der Waals surface area contributed by atoms with Crippen molar-refractivity contribution in [2.45, 2.75) is 31.6 Å². The predicted molar refractivity (Wildman–Crippen MR) is 91.3 cm³/mol. The zero-order valence-corrected chi connectivity index (χ0v) is 14.3. The minimum Gasteiger partial charge on any atom is -0.381 e. The summed E-state index contributed by atoms with van der Waals surface area (Å²) in [7, 11) is 0. The smallest absolute Gasteiger partial charge is 0.232 e. The van der Waals surface area contributed by atoms with Crippen molar-refractivity contribution in [1.82, 2.24) is 20.2 Å². The van der Waals surface area contributed by atoms with E-state index < -0.39 is 11.2 Å². The molecule has 1 aliphatic carbocycles. The molecule has 1 saturated heterocycles. The normalized spacial score (nSPS) is 19.3. The first-order chi connectivity index (χ1) is 12.6. The molecule has 26 heavy (non-hydrogen) atoms. The first kappa shape index (κ1) is 17.0. The van der Waals surface area contributed by atoms with Crippen LogP contribution in [0.5, 0.6) is 0 Å². The zero-order valence-electron chi connectivity index (χ0n) is 14.3. The van der Waals surface area contributed by atoms with Gasteiger partial charge in [0.2, 0.25) is 5.91 Å². The summed E-state index contributed by atoms with van der Waals surface area (Å²) < 4.78 is 21.1. The highest BCUT2D eigenvalue weighted by Gasteiger charge is 2.39. The molecule has 9 heteroatoms. The maximum Gasteiger partial charge on any atom is 0.232 e. The van der Waals surface area contributed by atoms with Crippen LogP contribution in [0.15, 0.2) is 18.2 Å². The highest BCUT2D eigenvalue weighted by molar-refractivity contribution is 5.95. The van der Waals surface area contributed by atoms with E-state index in [1.54, 1.807) is 6.07 Å². The van der Waals surface area contributed by atoms with Gasteiger partial charge in [-0.05, 0) is 54.3 Å². The van der Waals surface area contributed by atoms with Crippen LogP contribution in [-0.2, 0) is 9.53 Å². The van der Waals surface area contributed by atoms with Crippen molar-refractivity contribution in [2.24, 2.45) is 11.1 Å². The number of hydrogen-bond acceptors (Lipinski definition) is 6. The number of nitrogens with one attached hydrogen (secondary N) is 1. The van der Waals surface area contributed by atoms with Crippen LogP contribution in [0, 0.1) is 11.2 Å². The molecule has 2 heterocycles. The molecule has 2 aliphatic rings. The summed E-state index contributed by atoms with van der Waals surface area (Å²) in [5.74, 6) is 0.303. The van der Waals surface area contributed by atoms with E-state index in [1.807, 2.05) is 0 Å². The number of aromatic nitrogens is 4. The lowest BCUT2D eigenvalue weighted by Gasteiger charge is -2.34. The van der Waals surface area contributed by atoms with E-state index >= 15 is 0 Å². The summed E-state index contributed by atoms with van der Waals surface area (Å²) in [4.78, 5) is 12.8. The molecule has 0 spiro atoms. The van der Waals surface area contributed by atoms with Crippen LogP contribution in [0.25, 0.3) is 5.69 Å². The second-order valence-electron chi connectivity index (χ2n) is 6.94. The quantitative estimate of drug-likeness (QED) is 0.834. The van der Waals surface area contributed by atoms with Gasteiger partial charge in [0.15, 0.2) is 5.82 Å². The predicted octanol–water partition coefficient (Wildman–Crippen LogP) is 1.37. The number of rotatable bonds is 5. The zero-order chi connectivity index (χ0) is 18.1. The van der Waals surface area contributed by atoms with Gasteiger partial charge in [0.1, 0.15) is 11.5 Å². The van der Waals surface area contributed by atoms with E-state index in [1.165, 1.54) is 16.8 Å². The molecule has 0 bridgehead atoms. The number of anilines is 1. The summed E-state index contributed by atoms with van der Waals surface area (Å²) in [6.07, 6.45) is 3.14. The maximum atomic E-state index is 14.4. The Kier molecular flexibility index (Phi) is 4.41. The molecular weight excluding hydrogens is 339 g/mol. The van der Waals surface area contributed by atoms with Crippen molar-refractivity contribution in [3.8, 4) is 5.69 Å². The standard InChI is InChI=1S/C17H21FN6O2/c18-13-4-3-12(20-16(25)17(10-19)5-7-26-8-6-17)9-14(13)24-15(11-1-2-11)21-22-23-24/h3-4,9,11H,1-2,5-8,10,19H2,(H,20,25). The Hall–Kier alpha value is -2.39. The Morgan fingerprint density at radius 2 is 2.15 bits per heavy atom. The molecule has 0 unspecified atom stereocenters. The molecule has 0 radical (unpaired) electrons. The van der Waals surface area contributed by atoms with Gasteiger partial charge in [0.05, 0.1) is 5.41 Å². The third kappa shape index (κ3) is 3.08. The van der Waals surface area contributed by atoms with Crippen LogP contribution >= 0.6 is 0 Å². The third-order valence-corrected chi connectivity index (χ3v) is 5.19. The van der Waals surface area contributed by atoms with Crippen molar-refractivity contribution in [3.05, 3.63) is 29.8 Å². The Labute approximate surface area is 149 Å². The highest BCUT2D eigenvalue weighted by Crippen LogP contribution is 2.39. The number of amides is 1. The SMILES string of the molecule is NCC1(C(=O)Nc2ccc(F)c(-n3nnnc3C3CC3)c2)CCOCC1. The molecule has 2 aromatic rings. The van der Waals surface area contributed by atoms with Gasteiger partial charge < -0.3 is 15.8 Å². The number of hydrogen-bond donors (Lipinski definition) is 2. The lowest BCUT2D eigenvalue weighted by Crippen LogP contribution is -2.46. The number of ether oxygens (including phenoxy) is 1. The Bertz CT molecular complexity index is 813. The van der Waals surface area contributed by atoms with Crippen molar-refractivity contribution in [3.63, 3.8) is 0 Å². The van der Waals surface area contributed by atoms with Crippen LogP contribution in [0.1, 0.15) is 37.4 Å². The van der Waals surface area contributed by atoms with Crippen molar-refractivity contribution in [2.75, 3.05) is 25.1 Å². The van der Waals surface area contributed by atoms with Gasteiger partial charge in [-0.15, -0.1) is 5.10 Å². The Morgan fingerprint density at radius 1 is 1.38 bits per heavy atom. The summed E-state index contributed by atoms with van der Waals surface area (Å²) >= 11 is 0. The minimum atomic E-state index is -0.652. The van der Waals surface area contributed by atoms with Crippen molar-refractivity contribution < 1.29 is 13.9 Å². The first-order valence-corrected chi connectivity index (χ1v) is 8.80. The summed E-state index contributed by atoms with van der Waals surface area (Å²) in [5, 5.41) is 14.5. The molecule has 4 rings (SSSR count). The second kappa shape index (κ2) is 6.73. The topological polar surface area (TPSA) is 108 Å². The van der Waals surface area contributed by atoms with Gasteiger partial charge in [-0.3, -0.25) is 4.79 Å². The maximum absolute atomic E-state index is 14.4. The highest BCUT2D eigenvalue weighted by atomic mass is 19.1. The summed E-state index contributed by atoms with van der Waals surface area (Å²) in [6.45, 7) is 1.26. The number of halogens is 1. The molecule has 2 fully saturated rings. The van der Waals surface area contributed by atoms with E-state index in [-0.39, 0.29) is 24.1 Å². The van der Waals surface area contributed by atoms with Gasteiger partial charge >= 0.3 is 0 Å². The molecule has 1 saturated carbocycles. The van der Waals surface area contributed by atoms with Crippen LogP contribution in [-0.4, -0.2) is 45.9 Å². The lowest BCUT2D eigenvalue weighted by atomic mass is 9.79. The van der Waals surface area contributed by atoms with E-state index in [4.69, 9.17) is 10.5 Å². The van der Waals surface area contributed by atoms with Crippen molar-refractivity contribution in [1.29, 1.82) is 0 Å². The molecule has 1 amide bonds. The molecule has 1 aliphatic heterocycles. The number of benzene rings is 1.